The van der Waals surface area contributed by atoms with Crippen LogP contribution in [0.15, 0.2) is 36.5 Å². The summed E-state index contributed by atoms with van der Waals surface area (Å²) in [4.78, 5) is 10.7. The fourth-order valence-corrected chi connectivity index (χ4v) is 1.47. The molecule has 0 bridgehead atoms. The highest BCUT2D eigenvalue weighted by Crippen LogP contribution is 2.17. The Bertz CT molecular complexity index is 476. The molecule has 0 saturated carbocycles. The summed E-state index contributed by atoms with van der Waals surface area (Å²) < 4.78 is 1.54. The van der Waals surface area contributed by atoms with E-state index >= 15 is 0 Å². The number of aliphatic carboxylic acids is 1. The third kappa shape index (κ3) is 1.25. The zero-order valence-electron chi connectivity index (χ0n) is 7.42. The second-order valence-electron chi connectivity index (χ2n) is 3.06. The van der Waals surface area contributed by atoms with E-state index in [0.717, 1.165) is 10.9 Å². The van der Waals surface area contributed by atoms with Crippen molar-refractivity contribution < 1.29 is 9.90 Å². The normalized spacial score (nSPS) is 12.9. The molecule has 1 heterocycles. The highest BCUT2D eigenvalue weighted by molar-refractivity contribution is 5.82. The van der Waals surface area contributed by atoms with Gasteiger partial charge < -0.3 is 15.4 Å². The van der Waals surface area contributed by atoms with E-state index in [1.807, 2.05) is 30.3 Å². The van der Waals surface area contributed by atoms with E-state index in [1.54, 1.807) is 6.20 Å². The van der Waals surface area contributed by atoms with Crippen molar-refractivity contribution >= 4 is 16.9 Å². The predicted molar refractivity (Wildman–Crippen MR) is 52.8 cm³/mol. The monoisotopic (exact) mass is 190 g/mol. The van der Waals surface area contributed by atoms with E-state index in [9.17, 15) is 4.79 Å². The van der Waals surface area contributed by atoms with E-state index in [4.69, 9.17) is 10.8 Å². The van der Waals surface area contributed by atoms with Crippen molar-refractivity contribution in [3.63, 3.8) is 0 Å². The van der Waals surface area contributed by atoms with Gasteiger partial charge in [-0.15, -0.1) is 0 Å². The zero-order valence-corrected chi connectivity index (χ0v) is 7.42. The first kappa shape index (κ1) is 8.77. The number of benzene rings is 1. The molecular weight excluding hydrogens is 180 g/mol. The van der Waals surface area contributed by atoms with Gasteiger partial charge in [-0.25, -0.2) is 4.79 Å². The molecule has 2 aromatic rings. The van der Waals surface area contributed by atoms with Gasteiger partial charge in [-0.3, -0.25) is 0 Å². The predicted octanol–water partition coefficient (Wildman–Crippen LogP) is 1.18. The first-order valence-electron chi connectivity index (χ1n) is 4.24. The van der Waals surface area contributed by atoms with Crippen LogP contribution in [0.25, 0.3) is 10.9 Å². The molecule has 0 aliphatic rings. The molecule has 3 N–H and O–H groups in total. The highest BCUT2D eigenvalue weighted by atomic mass is 16.4. The number of aromatic nitrogens is 1. The van der Waals surface area contributed by atoms with Crippen molar-refractivity contribution in [2.75, 3.05) is 0 Å². The molecule has 1 aromatic heterocycles. The van der Waals surface area contributed by atoms with Crippen LogP contribution in [0, 0.1) is 0 Å². The number of carboxylic acid groups (broad SMARTS) is 1. The molecule has 2 rings (SSSR count). The number of rotatable bonds is 2. The Labute approximate surface area is 80.6 Å². The van der Waals surface area contributed by atoms with Crippen molar-refractivity contribution in [2.24, 2.45) is 5.73 Å². The van der Waals surface area contributed by atoms with Gasteiger partial charge in [0.05, 0.1) is 0 Å². The van der Waals surface area contributed by atoms with Crippen molar-refractivity contribution in [3.05, 3.63) is 36.5 Å². The van der Waals surface area contributed by atoms with Crippen LogP contribution in [0.2, 0.25) is 0 Å². The second kappa shape index (κ2) is 3.16. The maximum atomic E-state index is 10.7. The average molecular weight is 190 g/mol. The van der Waals surface area contributed by atoms with Gasteiger partial charge in [-0.05, 0) is 17.5 Å². The molecule has 4 heteroatoms. The van der Waals surface area contributed by atoms with Crippen LogP contribution in [0.4, 0.5) is 0 Å². The summed E-state index contributed by atoms with van der Waals surface area (Å²) in [5, 5.41) is 9.76. The topological polar surface area (TPSA) is 68.2 Å². The summed E-state index contributed by atoms with van der Waals surface area (Å²) in [5.74, 6) is -1.04. The van der Waals surface area contributed by atoms with Gasteiger partial charge in [0.25, 0.3) is 0 Å². The standard InChI is InChI=1S/C10H10N2O2/c11-9(10(13)14)12-6-5-7-3-1-2-4-8(7)12/h1-6,9H,11H2,(H,13,14). The van der Waals surface area contributed by atoms with E-state index in [-0.39, 0.29) is 0 Å². The van der Waals surface area contributed by atoms with Gasteiger partial charge in [0, 0.05) is 11.7 Å². The van der Waals surface area contributed by atoms with Crippen LogP contribution >= 0.6 is 0 Å². The lowest BCUT2D eigenvalue weighted by Gasteiger charge is -2.09. The van der Waals surface area contributed by atoms with Crippen LogP contribution in [-0.2, 0) is 4.79 Å². The summed E-state index contributed by atoms with van der Waals surface area (Å²) >= 11 is 0. The largest absolute Gasteiger partial charge is 0.479 e. The van der Waals surface area contributed by atoms with Gasteiger partial charge in [-0.1, -0.05) is 18.2 Å². The van der Waals surface area contributed by atoms with Crippen molar-refractivity contribution in [2.45, 2.75) is 6.17 Å². The first-order chi connectivity index (χ1) is 6.70. The number of hydrogen-bond acceptors (Lipinski definition) is 2. The number of nitrogens with zero attached hydrogens (tertiary/aromatic N) is 1. The van der Waals surface area contributed by atoms with E-state index in [1.165, 1.54) is 4.57 Å². The van der Waals surface area contributed by atoms with Crippen LogP contribution in [0.3, 0.4) is 0 Å². The maximum Gasteiger partial charge on any atom is 0.341 e. The molecule has 0 saturated heterocycles. The lowest BCUT2D eigenvalue weighted by atomic mass is 10.2. The second-order valence-corrected chi connectivity index (χ2v) is 3.06. The van der Waals surface area contributed by atoms with E-state index < -0.39 is 12.1 Å². The highest BCUT2D eigenvalue weighted by Gasteiger charge is 2.14. The van der Waals surface area contributed by atoms with Crippen molar-refractivity contribution in [1.29, 1.82) is 0 Å². The van der Waals surface area contributed by atoms with Gasteiger partial charge in [0.1, 0.15) is 0 Å². The lowest BCUT2D eigenvalue weighted by molar-refractivity contribution is -0.140. The molecule has 1 unspecified atom stereocenters. The summed E-state index contributed by atoms with van der Waals surface area (Å²) in [6.45, 7) is 0. The Morgan fingerprint density at radius 1 is 1.36 bits per heavy atom. The summed E-state index contributed by atoms with van der Waals surface area (Å²) in [6.07, 6.45) is 0.665. The average Bonchev–Trinajstić information content (AvgIpc) is 2.60. The van der Waals surface area contributed by atoms with Gasteiger partial charge in [0.15, 0.2) is 6.17 Å². The van der Waals surface area contributed by atoms with Crippen molar-refractivity contribution in [1.82, 2.24) is 4.57 Å². The minimum Gasteiger partial charge on any atom is -0.479 e. The fourth-order valence-electron chi connectivity index (χ4n) is 1.47. The SMILES string of the molecule is NC(C(=O)O)n1ccc2ccccc21. The van der Waals surface area contributed by atoms with E-state index in [2.05, 4.69) is 0 Å². The number of fused-ring (bicyclic) bond motifs is 1. The molecule has 1 aromatic carbocycles. The smallest absolute Gasteiger partial charge is 0.341 e. The van der Waals surface area contributed by atoms with Gasteiger partial charge in [0.2, 0.25) is 0 Å². The molecular formula is C10H10N2O2. The molecule has 0 spiro atoms. The number of carboxylic acids is 1. The summed E-state index contributed by atoms with van der Waals surface area (Å²) in [5.41, 5.74) is 6.35. The lowest BCUT2D eigenvalue weighted by Crippen LogP contribution is -2.26. The number of para-hydroxylation sites is 1. The Balaban J connectivity index is 2.58. The molecule has 72 valence electrons. The Morgan fingerprint density at radius 2 is 2.07 bits per heavy atom. The molecule has 0 aliphatic carbocycles. The number of nitrogens with two attached hydrogens (primary N) is 1. The Morgan fingerprint density at radius 3 is 2.79 bits per heavy atom. The molecule has 0 radical (unpaired) electrons. The van der Waals surface area contributed by atoms with Crippen LogP contribution < -0.4 is 5.73 Å². The minimum absolute atomic E-state index is 0.836. The molecule has 1 atom stereocenters. The number of hydrogen-bond donors (Lipinski definition) is 2. The summed E-state index contributed by atoms with van der Waals surface area (Å²) in [7, 11) is 0. The first-order valence-corrected chi connectivity index (χ1v) is 4.24. The minimum atomic E-state index is -1.04. The van der Waals surface area contributed by atoms with Crippen LogP contribution in [0.1, 0.15) is 6.17 Å². The third-order valence-electron chi connectivity index (χ3n) is 2.18. The summed E-state index contributed by atoms with van der Waals surface area (Å²) in [6, 6.07) is 9.36. The number of carbonyl (C=O) groups is 1. The molecule has 4 nitrogen and oxygen atoms in total. The quantitative estimate of drug-likeness (QED) is 0.747. The Kier molecular flexibility index (Phi) is 1.98. The fraction of sp³-hybridized carbons (Fsp3) is 0.100. The van der Waals surface area contributed by atoms with Crippen LogP contribution in [0.5, 0.6) is 0 Å². The molecule has 0 aliphatic heterocycles. The van der Waals surface area contributed by atoms with E-state index in [0.29, 0.717) is 0 Å². The molecule has 14 heavy (non-hydrogen) atoms. The molecule has 0 fully saturated rings. The van der Waals surface area contributed by atoms with Gasteiger partial charge >= 0.3 is 5.97 Å². The zero-order chi connectivity index (χ0) is 10.1. The third-order valence-corrected chi connectivity index (χ3v) is 2.18. The van der Waals surface area contributed by atoms with Crippen LogP contribution in [-0.4, -0.2) is 15.6 Å². The van der Waals surface area contributed by atoms with Crippen molar-refractivity contribution in [3.8, 4) is 0 Å². The molecule has 0 amide bonds. The Hall–Kier alpha value is -1.81. The van der Waals surface area contributed by atoms with Gasteiger partial charge in [-0.2, -0.15) is 0 Å². The maximum absolute atomic E-state index is 10.7.